The van der Waals surface area contributed by atoms with Gasteiger partial charge in [-0.2, -0.15) is 5.10 Å². The molecule has 0 bridgehead atoms. The number of ether oxygens (including phenoxy) is 1. The second-order valence-corrected chi connectivity index (χ2v) is 5.36. The number of nitrogens with one attached hydrogen (secondary N) is 2. The third-order valence-electron chi connectivity index (χ3n) is 3.64. The van der Waals surface area contributed by atoms with Crippen molar-refractivity contribution < 1.29 is 13.9 Å². The molecule has 1 aromatic heterocycles. The Balaban J connectivity index is 1.63. The molecule has 3 rings (SSSR count). The first-order valence-electron chi connectivity index (χ1n) is 7.70. The molecule has 0 aliphatic heterocycles. The maximum Gasteiger partial charge on any atom is 0.254 e. The third-order valence-corrected chi connectivity index (χ3v) is 3.64. The molecule has 0 saturated heterocycles. The van der Waals surface area contributed by atoms with Crippen LogP contribution in [0.4, 0.5) is 4.39 Å². The van der Waals surface area contributed by atoms with Gasteiger partial charge in [0.15, 0.2) is 11.9 Å². The maximum absolute atomic E-state index is 13.0. The number of hydrogen-bond donors (Lipinski definition) is 2. The minimum Gasteiger partial charge on any atom is -0.367 e. The molecule has 1 atom stereocenters. The number of hydrogen-bond acceptors (Lipinski definition) is 4. The van der Waals surface area contributed by atoms with Crippen molar-refractivity contribution >= 4 is 5.91 Å². The molecule has 0 saturated carbocycles. The second kappa shape index (κ2) is 7.67. The van der Waals surface area contributed by atoms with E-state index in [0.29, 0.717) is 17.2 Å². The van der Waals surface area contributed by atoms with Crippen LogP contribution in [-0.2, 0) is 16.1 Å². The van der Waals surface area contributed by atoms with Crippen LogP contribution in [0.25, 0.3) is 11.4 Å². The van der Waals surface area contributed by atoms with E-state index in [9.17, 15) is 9.18 Å². The van der Waals surface area contributed by atoms with Gasteiger partial charge in [-0.05, 0) is 29.8 Å². The Morgan fingerprint density at radius 3 is 2.60 bits per heavy atom. The highest BCUT2D eigenvalue weighted by Gasteiger charge is 2.19. The van der Waals surface area contributed by atoms with Gasteiger partial charge in [0, 0.05) is 12.7 Å². The van der Waals surface area contributed by atoms with Crippen LogP contribution in [0.1, 0.15) is 17.5 Å². The van der Waals surface area contributed by atoms with Crippen LogP contribution in [0.5, 0.6) is 0 Å². The van der Waals surface area contributed by atoms with Gasteiger partial charge in [-0.15, -0.1) is 0 Å². The third kappa shape index (κ3) is 4.07. The van der Waals surface area contributed by atoms with Crippen LogP contribution < -0.4 is 5.32 Å². The number of aromatic nitrogens is 3. The summed E-state index contributed by atoms with van der Waals surface area (Å²) in [6.45, 7) is 0.180. The Kier molecular flexibility index (Phi) is 5.15. The molecule has 1 amide bonds. The standard InChI is InChI=1S/C18H17FN4O2/c1-25-16(12-5-3-2-4-6-12)18(24)20-11-15-21-17(23-22-15)13-7-9-14(19)10-8-13/h2-10,16H,11H2,1H3,(H,20,24)(H,21,22,23)/t16-/m0/s1. The number of H-pyrrole nitrogens is 1. The van der Waals surface area contributed by atoms with Crippen LogP contribution in [0.15, 0.2) is 54.6 Å². The van der Waals surface area contributed by atoms with Gasteiger partial charge in [0.05, 0.1) is 6.54 Å². The fourth-order valence-electron chi connectivity index (χ4n) is 2.39. The van der Waals surface area contributed by atoms with Crippen LogP contribution in [-0.4, -0.2) is 28.2 Å². The molecule has 0 aliphatic carbocycles. The molecular formula is C18H17FN4O2. The molecule has 3 aromatic rings. The zero-order valence-corrected chi connectivity index (χ0v) is 13.6. The molecule has 2 aromatic carbocycles. The summed E-state index contributed by atoms with van der Waals surface area (Å²) >= 11 is 0. The summed E-state index contributed by atoms with van der Waals surface area (Å²) < 4.78 is 18.2. The number of nitrogens with zero attached hydrogens (tertiary/aromatic N) is 2. The molecule has 0 unspecified atom stereocenters. The number of carbonyl (C=O) groups excluding carboxylic acids is 1. The maximum atomic E-state index is 13.0. The zero-order valence-electron chi connectivity index (χ0n) is 13.6. The Bertz CT molecular complexity index is 834. The van der Waals surface area contributed by atoms with E-state index in [0.717, 1.165) is 5.56 Å². The van der Waals surface area contributed by atoms with Gasteiger partial charge in [0.1, 0.15) is 11.6 Å². The molecule has 0 aliphatic rings. The second-order valence-electron chi connectivity index (χ2n) is 5.36. The van der Waals surface area contributed by atoms with Crippen molar-refractivity contribution in [2.75, 3.05) is 7.11 Å². The van der Waals surface area contributed by atoms with Crippen LogP contribution in [0, 0.1) is 5.82 Å². The minimum atomic E-state index is -0.694. The lowest BCUT2D eigenvalue weighted by molar-refractivity contribution is -0.131. The van der Waals surface area contributed by atoms with Gasteiger partial charge in [0.25, 0.3) is 5.91 Å². The van der Waals surface area contributed by atoms with Crippen molar-refractivity contribution in [1.29, 1.82) is 0 Å². The van der Waals surface area contributed by atoms with Crippen molar-refractivity contribution in [1.82, 2.24) is 20.5 Å². The van der Waals surface area contributed by atoms with Crippen molar-refractivity contribution in [3.05, 3.63) is 71.8 Å². The van der Waals surface area contributed by atoms with Crippen LogP contribution >= 0.6 is 0 Å². The molecule has 128 valence electrons. The minimum absolute atomic E-state index is 0.180. The zero-order chi connectivity index (χ0) is 17.6. The number of carbonyl (C=O) groups is 1. The van der Waals surface area contributed by atoms with E-state index in [2.05, 4.69) is 20.5 Å². The van der Waals surface area contributed by atoms with Crippen molar-refractivity contribution in [2.24, 2.45) is 0 Å². The average Bonchev–Trinajstić information content (AvgIpc) is 3.11. The molecule has 0 spiro atoms. The fourth-order valence-corrected chi connectivity index (χ4v) is 2.39. The molecular weight excluding hydrogens is 323 g/mol. The van der Waals surface area contributed by atoms with E-state index in [1.165, 1.54) is 19.2 Å². The van der Waals surface area contributed by atoms with E-state index in [1.807, 2.05) is 30.3 Å². The largest absolute Gasteiger partial charge is 0.367 e. The van der Waals surface area contributed by atoms with Crippen molar-refractivity contribution in [3.63, 3.8) is 0 Å². The molecule has 2 N–H and O–H groups in total. The Morgan fingerprint density at radius 2 is 1.92 bits per heavy atom. The average molecular weight is 340 g/mol. The topological polar surface area (TPSA) is 79.9 Å². The van der Waals surface area contributed by atoms with E-state index in [-0.39, 0.29) is 18.3 Å². The summed E-state index contributed by atoms with van der Waals surface area (Å²) in [6, 6.07) is 15.1. The summed E-state index contributed by atoms with van der Waals surface area (Å²) in [4.78, 5) is 16.6. The monoisotopic (exact) mass is 340 g/mol. The number of halogens is 1. The molecule has 7 heteroatoms. The van der Waals surface area contributed by atoms with E-state index in [1.54, 1.807) is 12.1 Å². The highest BCUT2D eigenvalue weighted by molar-refractivity contribution is 5.82. The Labute approximate surface area is 144 Å². The quantitative estimate of drug-likeness (QED) is 0.723. The molecule has 0 radical (unpaired) electrons. The highest BCUT2D eigenvalue weighted by atomic mass is 19.1. The number of benzene rings is 2. The van der Waals surface area contributed by atoms with Gasteiger partial charge in [0.2, 0.25) is 0 Å². The summed E-state index contributed by atoms with van der Waals surface area (Å²) in [5.74, 6) is 0.345. The summed E-state index contributed by atoms with van der Waals surface area (Å²) in [5, 5.41) is 9.60. The van der Waals surface area contributed by atoms with E-state index in [4.69, 9.17) is 4.74 Å². The number of aromatic amines is 1. The van der Waals surface area contributed by atoms with Gasteiger partial charge < -0.3 is 10.1 Å². The molecule has 25 heavy (non-hydrogen) atoms. The lowest BCUT2D eigenvalue weighted by Crippen LogP contribution is -2.30. The van der Waals surface area contributed by atoms with Gasteiger partial charge in [-0.25, -0.2) is 9.37 Å². The van der Waals surface area contributed by atoms with Crippen molar-refractivity contribution in [3.8, 4) is 11.4 Å². The van der Waals surface area contributed by atoms with E-state index >= 15 is 0 Å². The first-order valence-corrected chi connectivity index (χ1v) is 7.70. The van der Waals surface area contributed by atoms with E-state index < -0.39 is 6.10 Å². The summed E-state index contributed by atoms with van der Waals surface area (Å²) in [7, 11) is 1.48. The highest BCUT2D eigenvalue weighted by Crippen LogP contribution is 2.17. The molecule has 1 heterocycles. The van der Waals surface area contributed by atoms with Gasteiger partial charge in [-0.1, -0.05) is 30.3 Å². The lowest BCUT2D eigenvalue weighted by atomic mass is 10.1. The SMILES string of the molecule is CO[C@H](C(=O)NCc1nc(-c2ccc(F)cc2)n[nH]1)c1ccccc1. The predicted molar refractivity (Wildman–Crippen MR) is 89.8 cm³/mol. The van der Waals surface area contributed by atoms with Gasteiger partial charge in [-0.3, -0.25) is 9.89 Å². The van der Waals surface area contributed by atoms with Crippen molar-refractivity contribution in [2.45, 2.75) is 12.6 Å². The number of methoxy groups -OCH3 is 1. The first kappa shape index (κ1) is 16.8. The lowest BCUT2D eigenvalue weighted by Gasteiger charge is -2.14. The first-order chi connectivity index (χ1) is 12.2. The smallest absolute Gasteiger partial charge is 0.254 e. The van der Waals surface area contributed by atoms with Gasteiger partial charge >= 0.3 is 0 Å². The molecule has 0 fully saturated rings. The number of amides is 1. The Morgan fingerprint density at radius 1 is 1.20 bits per heavy atom. The molecule has 6 nitrogen and oxygen atoms in total. The van der Waals surface area contributed by atoms with Crippen LogP contribution in [0.3, 0.4) is 0 Å². The number of rotatable bonds is 6. The normalized spacial score (nSPS) is 11.9. The fraction of sp³-hybridized carbons (Fsp3) is 0.167. The summed E-state index contributed by atoms with van der Waals surface area (Å²) in [5.41, 5.74) is 1.46. The van der Waals surface area contributed by atoms with Crippen LogP contribution in [0.2, 0.25) is 0 Å². The Hall–Kier alpha value is -3.06. The summed E-state index contributed by atoms with van der Waals surface area (Å²) in [6.07, 6.45) is -0.694. The predicted octanol–water partition coefficient (Wildman–Crippen LogP) is 2.61.